The highest BCUT2D eigenvalue weighted by molar-refractivity contribution is 6.32. The number of alkyl halides is 2. The number of aryl methyl sites for hydroxylation is 1. The van der Waals surface area contributed by atoms with Gasteiger partial charge in [0.15, 0.2) is 0 Å². The summed E-state index contributed by atoms with van der Waals surface area (Å²) in [7, 11) is 0. The predicted molar refractivity (Wildman–Crippen MR) is 74.2 cm³/mol. The van der Waals surface area contributed by atoms with E-state index in [0.29, 0.717) is 21.7 Å². The maximum Gasteiger partial charge on any atom is 0.387 e. The van der Waals surface area contributed by atoms with Gasteiger partial charge in [-0.3, -0.25) is 9.59 Å². The van der Waals surface area contributed by atoms with E-state index in [1.807, 2.05) is 0 Å². The molecule has 2 rings (SSSR count). The fraction of sp³-hybridized carbons (Fsp3) is 0.467. The summed E-state index contributed by atoms with van der Waals surface area (Å²) >= 11 is 6.17. The highest BCUT2D eigenvalue weighted by atomic mass is 35.5. The highest BCUT2D eigenvalue weighted by Crippen LogP contribution is 2.41. The van der Waals surface area contributed by atoms with Crippen LogP contribution >= 0.6 is 11.6 Å². The van der Waals surface area contributed by atoms with E-state index in [9.17, 15) is 18.4 Å². The summed E-state index contributed by atoms with van der Waals surface area (Å²) < 4.78 is 29.8. The van der Waals surface area contributed by atoms with Gasteiger partial charge in [-0.15, -0.1) is 0 Å². The number of rotatable bonds is 3. The van der Waals surface area contributed by atoms with Gasteiger partial charge in [-0.1, -0.05) is 11.6 Å². The van der Waals surface area contributed by atoms with Crippen molar-refractivity contribution >= 4 is 23.2 Å². The lowest BCUT2D eigenvalue weighted by Gasteiger charge is -2.25. The van der Waals surface area contributed by atoms with Crippen molar-refractivity contribution in [2.75, 3.05) is 0 Å². The van der Waals surface area contributed by atoms with Crippen LogP contribution in [0.2, 0.25) is 5.02 Å². The molecule has 0 bridgehead atoms. The third-order valence-corrected chi connectivity index (χ3v) is 4.24. The number of carbonyl (C=O) groups excluding carboxylic acids is 2. The molecule has 0 N–H and O–H groups in total. The Morgan fingerprint density at radius 3 is 2.33 bits per heavy atom. The molecule has 0 spiro atoms. The van der Waals surface area contributed by atoms with Gasteiger partial charge in [0, 0.05) is 29.3 Å². The molecule has 1 aliphatic carbocycles. The van der Waals surface area contributed by atoms with Crippen molar-refractivity contribution in [3.63, 3.8) is 0 Å². The molecule has 0 heterocycles. The van der Waals surface area contributed by atoms with Crippen molar-refractivity contribution < 1.29 is 23.1 Å². The van der Waals surface area contributed by atoms with Crippen LogP contribution in [0, 0.1) is 13.8 Å². The molecule has 3 nitrogen and oxygen atoms in total. The molecule has 1 saturated carbocycles. The molecule has 0 aromatic heterocycles. The summed E-state index contributed by atoms with van der Waals surface area (Å²) in [5.74, 6) is -0.826. The van der Waals surface area contributed by atoms with Gasteiger partial charge in [0.1, 0.15) is 17.3 Å². The van der Waals surface area contributed by atoms with Crippen LogP contribution in [0.1, 0.15) is 41.9 Å². The van der Waals surface area contributed by atoms with Crippen LogP contribution in [0.5, 0.6) is 5.75 Å². The molecule has 0 saturated heterocycles. The number of benzene rings is 1. The summed E-state index contributed by atoms with van der Waals surface area (Å²) in [5.41, 5.74) is 1.63. The molecule has 0 atom stereocenters. The zero-order valence-electron chi connectivity index (χ0n) is 11.7. The Morgan fingerprint density at radius 1 is 1.24 bits per heavy atom. The fourth-order valence-electron chi connectivity index (χ4n) is 2.83. The molecule has 1 aromatic rings. The van der Waals surface area contributed by atoms with Crippen molar-refractivity contribution in [2.45, 2.75) is 45.6 Å². The Hall–Kier alpha value is -1.49. The minimum absolute atomic E-state index is 0.00287. The van der Waals surface area contributed by atoms with Crippen LogP contribution in [-0.2, 0) is 9.59 Å². The van der Waals surface area contributed by atoms with Crippen molar-refractivity contribution in [2.24, 2.45) is 0 Å². The standard InChI is InChI=1S/C15H15ClF2O3/c1-7-3-12(21-15(17)18)13(8(2)14(7)16)9-4-10(19)6-11(20)5-9/h3,9,15H,4-6H2,1-2H3. The Labute approximate surface area is 126 Å². The summed E-state index contributed by atoms with van der Waals surface area (Å²) in [6.07, 6.45) is 0.206. The summed E-state index contributed by atoms with van der Waals surface area (Å²) in [5, 5.41) is 0.442. The fourth-order valence-corrected chi connectivity index (χ4v) is 2.98. The van der Waals surface area contributed by atoms with Gasteiger partial charge in [-0.05, 0) is 31.0 Å². The number of halogens is 3. The topological polar surface area (TPSA) is 43.4 Å². The van der Waals surface area contributed by atoms with Gasteiger partial charge in [0.05, 0.1) is 6.42 Å². The molecule has 0 unspecified atom stereocenters. The Morgan fingerprint density at radius 2 is 1.81 bits per heavy atom. The van der Waals surface area contributed by atoms with Gasteiger partial charge in [0.2, 0.25) is 0 Å². The average Bonchev–Trinajstić information content (AvgIpc) is 2.34. The van der Waals surface area contributed by atoms with Crippen LogP contribution < -0.4 is 4.74 Å². The number of hydrogen-bond donors (Lipinski definition) is 0. The lowest BCUT2D eigenvalue weighted by Crippen LogP contribution is -2.23. The normalized spacial score (nSPS) is 16.7. The van der Waals surface area contributed by atoms with Crippen LogP contribution in [0.4, 0.5) is 8.78 Å². The average molecular weight is 317 g/mol. The van der Waals surface area contributed by atoms with E-state index in [0.717, 1.165) is 0 Å². The van der Waals surface area contributed by atoms with E-state index in [1.54, 1.807) is 13.8 Å². The molecule has 114 valence electrons. The van der Waals surface area contributed by atoms with Gasteiger partial charge in [-0.25, -0.2) is 0 Å². The van der Waals surface area contributed by atoms with Gasteiger partial charge < -0.3 is 4.74 Å². The summed E-state index contributed by atoms with van der Waals surface area (Å²) in [4.78, 5) is 23.2. The third-order valence-electron chi connectivity index (χ3n) is 3.66. The van der Waals surface area contributed by atoms with Crippen molar-refractivity contribution in [3.8, 4) is 5.75 Å². The maximum absolute atomic E-state index is 12.6. The number of hydrogen-bond acceptors (Lipinski definition) is 3. The lowest BCUT2D eigenvalue weighted by molar-refractivity contribution is -0.130. The first-order valence-corrected chi connectivity index (χ1v) is 6.95. The second-order valence-corrected chi connectivity index (χ2v) is 5.66. The number of ketones is 2. The quantitative estimate of drug-likeness (QED) is 0.793. The summed E-state index contributed by atoms with van der Waals surface area (Å²) in [6.45, 7) is 0.403. The van der Waals surface area contributed by atoms with Crippen LogP contribution in [-0.4, -0.2) is 18.2 Å². The molecule has 1 fully saturated rings. The van der Waals surface area contributed by atoms with E-state index < -0.39 is 12.5 Å². The zero-order valence-corrected chi connectivity index (χ0v) is 12.5. The molecule has 1 aromatic carbocycles. The van der Waals surface area contributed by atoms with Gasteiger partial charge in [-0.2, -0.15) is 8.78 Å². The highest BCUT2D eigenvalue weighted by Gasteiger charge is 2.31. The van der Waals surface area contributed by atoms with E-state index in [4.69, 9.17) is 11.6 Å². The second kappa shape index (κ2) is 6.10. The molecule has 21 heavy (non-hydrogen) atoms. The molecular formula is C15H15ClF2O3. The Kier molecular flexibility index (Phi) is 4.61. The maximum atomic E-state index is 12.6. The van der Waals surface area contributed by atoms with Crippen LogP contribution in [0.3, 0.4) is 0 Å². The van der Waals surface area contributed by atoms with E-state index in [1.165, 1.54) is 6.07 Å². The predicted octanol–water partition coefficient (Wildman–Crippen LogP) is 3.96. The number of carbonyl (C=O) groups is 2. The van der Waals surface area contributed by atoms with Gasteiger partial charge in [0.25, 0.3) is 0 Å². The molecule has 0 amide bonds. The van der Waals surface area contributed by atoms with E-state index in [2.05, 4.69) is 4.74 Å². The minimum Gasteiger partial charge on any atom is -0.435 e. The van der Waals surface area contributed by atoms with Crippen LogP contribution in [0.25, 0.3) is 0 Å². The van der Waals surface area contributed by atoms with Crippen molar-refractivity contribution in [1.82, 2.24) is 0 Å². The molecule has 0 aliphatic heterocycles. The first-order chi connectivity index (χ1) is 9.79. The Balaban J connectivity index is 2.51. The minimum atomic E-state index is -2.97. The van der Waals surface area contributed by atoms with Crippen molar-refractivity contribution in [3.05, 3.63) is 27.8 Å². The second-order valence-electron chi connectivity index (χ2n) is 5.28. The molecule has 6 heteroatoms. The van der Waals surface area contributed by atoms with Crippen molar-refractivity contribution in [1.29, 1.82) is 0 Å². The monoisotopic (exact) mass is 316 g/mol. The Bertz CT molecular complexity index is 583. The number of ether oxygens (including phenoxy) is 1. The zero-order chi connectivity index (χ0) is 15.7. The first kappa shape index (κ1) is 15.9. The molecule has 0 radical (unpaired) electrons. The largest absolute Gasteiger partial charge is 0.435 e. The summed E-state index contributed by atoms with van der Waals surface area (Å²) in [6, 6.07) is 1.43. The lowest BCUT2D eigenvalue weighted by atomic mass is 9.80. The molecule has 1 aliphatic rings. The smallest absolute Gasteiger partial charge is 0.387 e. The third kappa shape index (κ3) is 3.40. The van der Waals surface area contributed by atoms with E-state index >= 15 is 0 Å². The SMILES string of the molecule is Cc1cc(OC(F)F)c(C2CC(=O)CC(=O)C2)c(C)c1Cl. The first-order valence-electron chi connectivity index (χ1n) is 6.57. The van der Waals surface area contributed by atoms with Gasteiger partial charge >= 0.3 is 6.61 Å². The van der Waals surface area contributed by atoms with E-state index in [-0.39, 0.29) is 36.6 Å². The molecular weight excluding hydrogens is 302 g/mol. The number of Topliss-reactive ketones (excluding diaryl/α,β-unsaturated/α-hetero) is 2. The van der Waals surface area contributed by atoms with Crippen LogP contribution in [0.15, 0.2) is 6.07 Å².